The molecular weight excluding hydrogens is 502 g/mol. The second-order valence-electron chi connectivity index (χ2n) is 9.13. The van der Waals surface area contributed by atoms with Crippen LogP contribution in [-0.2, 0) is 32.0 Å². The number of benzene rings is 2. The van der Waals surface area contributed by atoms with Crippen LogP contribution in [0.4, 0.5) is 0 Å². The minimum absolute atomic E-state index is 0.0536. The molecule has 0 aliphatic carbocycles. The predicted octanol–water partition coefficient (Wildman–Crippen LogP) is -0.588. The number of hydrogen-bond acceptors (Lipinski definition) is 6. The van der Waals surface area contributed by atoms with Crippen molar-refractivity contribution in [3.8, 4) is 0 Å². The minimum Gasteiger partial charge on any atom is -0.480 e. The Kier molecular flexibility index (Phi) is 12.4. The van der Waals surface area contributed by atoms with E-state index in [1.54, 1.807) is 48.5 Å². The van der Waals surface area contributed by atoms with Gasteiger partial charge in [-0.15, -0.1) is 0 Å². The van der Waals surface area contributed by atoms with E-state index in [0.717, 1.165) is 11.1 Å². The molecule has 10 N–H and O–H groups in total. The molecule has 2 aromatic rings. The first-order valence-electron chi connectivity index (χ1n) is 12.6. The Bertz CT molecular complexity index is 1120. The Hall–Kier alpha value is -4.45. The number of aliphatic imine (C=N–C) groups is 1. The maximum Gasteiger partial charge on any atom is 0.326 e. The Morgan fingerprint density at radius 3 is 1.82 bits per heavy atom. The van der Waals surface area contributed by atoms with Gasteiger partial charge in [-0.2, -0.15) is 0 Å². The number of nitrogens with zero attached hydrogens (tertiary/aromatic N) is 1. The number of carboxylic acids is 1. The van der Waals surface area contributed by atoms with E-state index in [0.29, 0.717) is 19.4 Å². The number of carbonyl (C=O) groups is 4. The van der Waals surface area contributed by atoms with E-state index in [1.807, 2.05) is 12.1 Å². The van der Waals surface area contributed by atoms with Gasteiger partial charge in [0.15, 0.2) is 5.96 Å². The van der Waals surface area contributed by atoms with Crippen LogP contribution in [0, 0.1) is 0 Å². The molecule has 0 fully saturated rings. The van der Waals surface area contributed by atoms with Crippen LogP contribution < -0.4 is 33.2 Å². The van der Waals surface area contributed by atoms with Gasteiger partial charge in [0.2, 0.25) is 17.7 Å². The van der Waals surface area contributed by atoms with Crippen molar-refractivity contribution in [2.75, 3.05) is 6.54 Å². The van der Waals surface area contributed by atoms with Gasteiger partial charge in [-0.05, 0) is 30.9 Å². The average Bonchev–Trinajstić information content (AvgIpc) is 2.91. The molecular formula is C27H37N7O5. The highest BCUT2D eigenvalue weighted by atomic mass is 16.4. The lowest BCUT2D eigenvalue weighted by molar-refractivity contribution is -0.142. The zero-order valence-electron chi connectivity index (χ0n) is 21.9. The Balaban J connectivity index is 2.06. The normalized spacial score (nSPS) is 13.7. The fraction of sp³-hybridized carbons (Fsp3) is 0.370. The highest BCUT2D eigenvalue weighted by Gasteiger charge is 2.29. The van der Waals surface area contributed by atoms with Crippen molar-refractivity contribution in [3.63, 3.8) is 0 Å². The highest BCUT2D eigenvalue weighted by molar-refractivity contribution is 5.94. The van der Waals surface area contributed by atoms with Crippen molar-refractivity contribution in [1.29, 1.82) is 0 Å². The van der Waals surface area contributed by atoms with Crippen molar-refractivity contribution < 1.29 is 24.3 Å². The zero-order valence-corrected chi connectivity index (χ0v) is 21.9. The topological polar surface area (TPSA) is 215 Å². The molecule has 39 heavy (non-hydrogen) atoms. The summed E-state index contributed by atoms with van der Waals surface area (Å²) < 4.78 is 0. The number of nitrogens with one attached hydrogen (secondary N) is 3. The molecule has 4 atom stereocenters. The first-order chi connectivity index (χ1) is 18.6. The summed E-state index contributed by atoms with van der Waals surface area (Å²) in [4.78, 5) is 54.3. The summed E-state index contributed by atoms with van der Waals surface area (Å²) in [5.41, 5.74) is 17.9. The molecule has 0 aromatic heterocycles. The van der Waals surface area contributed by atoms with Gasteiger partial charge in [-0.1, -0.05) is 60.7 Å². The highest BCUT2D eigenvalue weighted by Crippen LogP contribution is 2.07. The molecule has 0 aliphatic rings. The number of rotatable bonds is 15. The van der Waals surface area contributed by atoms with Crippen LogP contribution in [0.1, 0.15) is 30.9 Å². The van der Waals surface area contributed by atoms with E-state index in [4.69, 9.17) is 17.2 Å². The SMILES string of the molecule is C[C@H](NC(=O)[C@@H](N)CCCN=C(N)N)C(=O)N[C@@H](Cc1ccccc1)C(=O)N[C@@H](Cc1ccccc1)C(=O)O. The number of amides is 3. The third-order valence-corrected chi connectivity index (χ3v) is 5.87. The molecule has 2 aromatic carbocycles. The molecule has 0 saturated heterocycles. The molecule has 12 nitrogen and oxygen atoms in total. The monoisotopic (exact) mass is 539 g/mol. The summed E-state index contributed by atoms with van der Waals surface area (Å²) in [7, 11) is 0. The summed E-state index contributed by atoms with van der Waals surface area (Å²) in [5, 5.41) is 17.4. The van der Waals surface area contributed by atoms with Gasteiger partial charge in [-0.3, -0.25) is 19.4 Å². The molecule has 210 valence electrons. The van der Waals surface area contributed by atoms with Gasteiger partial charge >= 0.3 is 5.97 Å². The number of carbonyl (C=O) groups excluding carboxylic acids is 3. The van der Waals surface area contributed by atoms with Crippen LogP contribution in [0.25, 0.3) is 0 Å². The smallest absolute Gasteiger partial charge is 0.326 e. The van der Waals surface area contributed by atoms with E-state index in [1.165, 1.54) is 6.92 Å². The van der Waals surface area contributed by atoms with Crippen LogP contribution in [-0.4, -0.2) is 65.5 Å². The third kappa shape index (κ3) is 11.2. The fourth-order valence-electron chi connectivity index (χ4n) is 3.71. The van der Waals surface area contributed by atoms with E-state index in [2.05, 4.69) is 20.9 Å². The number of hydrogen-bond donors (Lipinski definition) is 7. The van der Waals surface area contributed by atoms with Crippen molar-refractivity contribution >= 4 is 29.7 Å². The summed E-state index contributed by atoms with van der Waals surface area (Å²) in [6.07, 6.45) is 0.955. The van der Waals surface area contributed by atoms with Crippen LogP contribution in [0.15, 0.2) is 65.7 Å². The minimum atomic E-state index is -1.20. The van der Waals surface area contributed by atoms with Gasteiger partial charge in [0.05, 0.1) is 6.04 Å². The average molecular weight is 540 g/mol. The van der Waals surface area contributed by atoms with Gasteiger partial charge in [-0.25, -0.2) is 4.79 Å². The van der Waals surface area contributed by atoms with Crippen LogP contribution in [0.3, 0.4) is 0 Å². The Morgan fingerprint density at radius 2 is 1.31 bits per heavy atom. The van der Waals surface area contributed by atoms with E-state index >= 15 is 0 Å². The first kappa shape index (κ1) is 30.8. The van der Waals surface area contributed by atoms with Crippen molar-refractivity contribution in [1.82, 2.24) is 16.0 Å². The zero-order chi connectivity index (χ0) is 28.8. The van der Waals surface area contributed by atoms with Gasteiger partial charge in [0.25, 0.3) is 0 Å². The standard InChI is InChI=1S/C27H37N7O5/c1-17(32-24(36)20(28)13-8-14-31-27(29)30)23(35)33-21(15-18-9-4-2-5-10-18)25(37)34-22(26(38)39)16-19-11-6-3-7-12-19/h2-7,9-12,17,20-22H,8,13-16,28H2,1H3,(H,32,36)(H,33,35)(H,34,37)(H,38,39)(H4,29,30,31)/t17-,20-,21-,22-/m0/s1. The molecule has 0 unspecified atom stereocenters. The second-order valence-corrected chi connectivity index (χ2v) is 9.13. The Morgan fingerprint density at radius 1 is 0.795 bits per heavy atom. The second kappa shape index (κ2) is 15.7. The van der Waals surface area contributed by atoms with E-state index in [-0.39, 0.29) is 18.8 Å². The number of carboxylic acid groups (broad SMARTS) is 1. The molecule has 12 heteroatoms. The lowest BCUT2D eigenvalue weighted by Gasteiger charge is -2.24. The molecule has 0 aliphatic heterocycles. The largest absolute Gasteiger partial charge is 0.480 e. The van der Waals surface area contributed by atoms with Crippen LogP contribution >= 0.6 is 0 Å². The van der Waals surface area contributed by atoms with Crippen LogP contribution in [0.2, 0.25) is 0 Å². The molecule has 0 radical (unpaired) electrons. The fourth-order valence-corrected chi connectivity index (χ4v) is 3.71. The van der Waals surface area contributed by atoms with Crippen molar-refractivity contribution in [2.45, 2.75) is 56.8 Å². The molecule has 0 bridgehead atoms. The third-order valence-electron chi connectivity index (χ3n) is 5.87. The van der Waals surface area contributed by atoms with Crippen LogP contribution in [0.5, 0.6) is 0 Å². The van der Waals surface area contributed by atoms with Gasteiger partial charge in [0, 0.05) is 19.4 Å². The van der Waals surface area contributed by atoms with Crippen molar-refractivity contribution in [2.24, 2.45) is 22.2 Å². The molecule has 0 heterocycles. The first-order valence-corrected chi connectivity index (χ1v) is 12.6. The summed E-state index contributed by atoms with van der Waals surface area (Å²) in [6, 6.07) is 13.7. The predicted molar refractivity (Wildman–Crippen MR) is 147 cm³/mol. The number of guanidine groups is 1. The number of nitrogens with two attached hydrogens (primary N) is 3. The van der Waals surface area contributed by atoms with Gasteiger partial charge < -0.3 is 38.3 Å². The summed E-state index contributed by atoms with van der Waals surface area (Å²) in [6.45, 7) is 1.78. The number of aliphatic carboxylic acids is 1. The van der Waals surface area contributed by atoms with Gasteiger partial charge in [0.1, 0.15) is 18.1 Å². The maximum atomic E-state index is 13.2. The Labute approximate surface area is 227 Å². The summed E-state index contributed by atoms with van der Waals surface area (Å²) >= 11 is 0. The molecule has 3 amide bonds. The van der Waals surface area contributed by atoms with E-state index in [9.17, 15) is 24.3 Å². The van der Waals surface area contributed by atoms with E-state index < -0.39 is 47.9 Å². The maximum absolute atomic E-state index is 13.2. The van der Waals surface area contributed by atoms with Crippen molar-refractivity contribution in [3.05, 3.63) is 71.8 Å². The lowest BCUT2D eigenvalue weighted by Crippen LogP contribution is -2.57. The summed E-state index contributed by atoms with van der Waals surface area (Å²) in [5.74, 6) is -3.08. The molecule has 2 rings (SSSR count). The molecule has 0 spiro atoms. The molecule has 0 saturated carbocycles. The lowest BCUT2D eigenvalue weighted by atomic mass is 10.0. The quantitative estimate of drug-likeness (QED) is 0.0880.